The van der Waals surface area contributed by atoms with Gasteiger partial charge in [-0.05, 0) is 46.8 Å². The first kappa shape index (κ1) is 26.6. The Hall–Kier alpha value is -6.59. The standard InChI is InChI=1S/C43H26N4O/c1-2-12-28(13-3-1)41-44-42(46-43(45-41)47-36-21-7-4-17-32(36)33-18-5-8-22-37(33)47)30-16-10-15-29(26-30)31-20-11-14-27-24-25-35-34-19-6-9-23-38(34)48-40(35)39(27)31/h1-26H. The lowest BCUT2D eigenvalue weighted by Gasteiger charge is -2.12. The van der Waals surface area contributed by atoms with E-state index in [1.54, 1.807) is 0 Å². The van der Waals surface area contributed by atoms with E-state index in [0.29, 0.717) is 17.6 Å². The van der Waals surface area contributed by atoms with Gasteiger partial charge in [-0.15, -0.1) is 0 Å². The molecule has 5 nitrogen and oxygen atoms in total. The molecule has 5 heteroatoms. The quantitative estimate of drug-likeness (QED) is 0.198. The Morgan fingerprint density at radius 2 is 1.06 bits per heavy atom. The summed E-state index contributed by atoms with van der Waals surface area (Å²) in [5, 5.41) is 6.77. The fourth-order valence-corrected chi connectivity index (χ4v) is 7.07. The Morgan fingerprint density at radius 3 is 1.85 bits per heavy atom. The molecular formula is C43H26N4O. The lowest BCUT2D eigenvalue weighted by molar-refractivity contribution is 0.673. The highest BCUT2D eigenvalue weighted by atomic mass is 16.3. The van der Waals surface area contributed by atoms with Crippen LogP contribution >= 0.6 is 0 Å². The Bertz CT molecular complexity index is 2800. The molecule has 0 aliphatic heterocycles. The second-order valence-electron chi connectivity index (χ2n) is 12.0. The minimum Gasteiger partial charge on any atom is -0.455 e. The third kappa shape index (κ3) is 4.08. The van der Waals surface area contributed by atoms with Crippen LogP contribution in [0.25, 0.3) is 94.4 Å². The topological polar surface area (TPSA) is 56.7 Å². The SMILES string of the molecule is c1ccc(-c2nc(-c3cccc(-c4cccc5ccc6c7ccccc7oc6c45)c3)nc(-n3c4ccccc4c4ccccc43)n2)cc1. The summed E-state index contributed by atoms with van der Waals surface area (Å²) in [7, 11) is 0. The number of furan rings is 1. The van der Waals surface area contributed by atoms with Gasteiger partial charge in [0, 0.05) is 38.1 Å². The summed E-state index contributed by atoms with van der Waals surface area (Å²) in [6, 6.07) is 54.4. The van der Waals surface area contributed by atoms with Crippen molar-refractivity contribution >= 4 is 54.5 Å². The van der Waals surface area contributed by atoms with Crippen molar-refractivity contribution < 1.29 is 4.42 Å². The molecule has 0 radical (unpaired) electrons. The van der Waals surface area contributed by atoms with E-state index in [2.05, 4.69) is 120 Å². The first-order chi connectivity index (χ1) is 23.8. The number of fused-ring (bicyclic) bond motifs is 8. The summed E-state index contributed by atoms with van der Waals surface area (Å²) in [4.78, 5) is 15.3. The van der Waals surface area contributed by atoms with Crippen LogP contribution in [0.1, 0.15) is 0 Å². The molecule has 0 spiro atoms. The van der Waals surface area contributed by atoms with Gasteiger partial charge in [-0.3, -0.25) is 4.57 Å². The van der Waals surface area contributed by atoms with Crippen LogP contribution in [0.4, 0.5) is 0 Å². The molecule has 0 amide bonds. The minimum absolute atomic E-state index is 0.579. The van der Waals surface area contributed by atoms with Crippen molar-refractivity contribution in [3.8, 4) is 39.9 Å². The Morgan fingerprint density at radius 1 is 0.438 bits per heavy atom. The maximum atomic E-state index is 6.50. The second-order valence-corrected chi connectivity index (χ2v) is 12.0. The number of nitrogens with zero attached hydrogens (tertiary/aromatic N) is 4. The van der Waals surface area contributed by atoms with Crippen molar-refractivity contribution in [2.24, 2.45) is 0 Å². The zero-order chi connectivity index (χ0) is 31.6. The van der Waals surface area contributed by atoms with Crippen LogP contribution in [0.5, 0.6) is 0 Å². The summed E-state index contributed by atoms with van der Waals surface area (Å²) >= 11 is 0. The van der Waals surface area contributed by atoms with E-state index in [1.807, 2.05) is 42.5 Å². The van der Waals surface area contributed by atoms with Gasteiger partial charge >= 0.3 is 0 Å². The first-order valence-electron chi connectivity index (χ1n) is 16.0. The molecule has 48 heavy (non-hydrogen) atoms. The van der Waals surface area contributed by atoms with E-state index in [-0.39, 0.29) is 0 Å². The van der Waals surface area contributed by atoms with Crippen LogP contribution in [-0.2, 0) is 0 Å². The first-order valence-corrected chi connectivity index (χ1v) is 16.0. The van der Waals surface area contributed by atoms with Crippen LogP contribution < -0.4 is 0 Å². The molecule has 0 saturated heterocycles. The van der Waals surface area contributed by atoms with Crippen LogP contribution in [0, 0.1) is 0 Å². The molecule has 10 aromatic rings. The average molecular weight is 615 g/mol. The number of para-hydroxylation sites is 3. The van der Waals surface area contributed by atoms with E-state index >= 15 is 0 Å². The van der Waals surface area contributed by atoms with Gasteiger partial charge in [0.2, 0.25) is 5.95 Å². The summed E-state index contributed by atoms with van der Waals surface area (Å²) in [6.07, 6.45) is 0. The van der Waals surface area contributed by atoms with Crippen molar-refractivity contribution in [2.45, 2.75) is 0 Å². The van der Waals surface area contributed by atoms with Crippen molar-refractivity contribution in [1.82, 2.24) is 19.5 Å². The molecule has 0 unspecified atom stereocenters. The lowest BCUT2D eigenvalue weighted by atomic mass is 9.95. The van der Waals surface area contributed by atoms with E-state index in [9.17, 15) is 0 Å². The molecule has 0 aliphatic rings. The van der Waals surface area contributed by atoms with Crippen molar-refractivity contribution in [3.05, 3.63) is 158 Å². The highest BCUT2D eigenvalue weighted by Gasteiger charge is 2.19. The molecule has 0 bridgehead atoms. The van der Waals surface area contributed by atoms with Gasteiger partial charge in [-0.1, -0.05) is 127 Å². The lowest BCUT2D eigenvalue weighted by Crippen LogP contribution is -2.06. The summed E-state index contributed by atoms with van der Waals surface area (Å²) in [6.45, 7) is 0. The Kier molecular flexibility index (Phi) is 5.81. The van der Waals surface area contributed by atoms with Crippen molar-refractivity contribution in [2.75, 3.05) is 0 Å². The minimum atomic E-state index is 0.579. The number of aromatic nitrogens is 4. The van der Waals surface area contributed by atoms with Gasteiger partial charge in [0.05, 0.1) is 11.0 Å². The van der Waals surface area contributed by atoms with E-state index in [1.165, 1.54) is 0 Å². The van der Waals surface area contributed by atoms with Crippen molar-refractivity contribution in [1.29, 1.82) is 0 Å². The number of benzene rings is 7. The normalized spacial score (nSPS) is 11.8. The molecule has 3 heterocycles. The summed E-state index contributed by atoms with van der Waals surface area (Å²) in [5.41, 5.74) is 7.88. The van der Waals surface area contributed by atoms with Gasteiger partial charge in [0.25, 0.3) is 0 Å². The monoisotopic (exact) mass is 614 g/mol. The number of hydrogen-bond acceptors (Lipinski definition) is 4. The van der Waals surface area contributed by atoms with E-state index in [4.69, 9.17) is 19.4 Å². The van der Waals surface area contributed by atoms with Crippen LogP contribution in [0.15, 0.2) is 162 Å². The fourth-order valence-electron chi connectivity index (χ4n) is 7.07. The number of rotatable bonds is 4. The van der Waals surface area contributed by atoms with Crippen LogP contribution in [0.3, 0.4) is 0 Å². The van der Waals surface area contributed by atoms with E-state index in [0.717, 1.165) is 76.8 Å². The molecule has 7 aromatic carbocycles. The molecule has 0 N–H and O–H groups in total. The summed E-state index contributed by atoms with van der Waals surface area (Å²) in [5.74, 6) is 1.81. The zero-order valence-electron chi connectivity index (χ0n) is 25.7. The summed E-state index contributed by atoms with van der Waals surface area (Å²) < 4.78 is 8.65. The predicted octanol–water partition coefficient (Wildman–Crippen LogP) is 11.0. The fraction of sp³-hybridized carbons (Fsp3) is 0. The van der Waals surface area contributed by atoms with Gasteiger partial charge in [0.15, 0.2) is 11.6 Å². The van der Waals surface area contributed by atoms with Gasteiger partial charge in [-0.2, -0.15) is 9.97 Å². The van der Waals surface area contributed by atoms with Gasteiger partial charge in [-0.25, -0.2) is 4.98 Å². The van der Waals surface area contributed by atoms with Crippen molar-refractivity contribution in [3.63, 3.8) is 0 Å². The maximum absolute atomic E-state index is 6.50. The largest absolute Gasteiger partial charge is 0.455 e. The highest BCUT2D eigenvalue weighted by molar-refractivity contribution is 6.19. The zero-order valence-corrected chi connectivity index (χ0v) is 25.7. The Labute approximate surface area is 275 Å². The molecular weight excluding hydrogens is 589 g/mol. The van der Waals surface area contributed by atoms with Gasteiger partial charge < -0.3 is 4.42 Å². The molecule has 0 atom stereocenters. The predicted molar refractivity (Wildman–Crippen MR) is 195 cm³/mol. The molecule has 10 rings (SSSR count). The molecule has 3 aromatic heterocycles. The van der Waals surface area contributed by atoms with Crippen LogP contribution in [0.2, 0.25) is 0 Å². The van der Waals surface area contributed by atoms with E-state index < -0.39 is 0 Å². The third-order valence-electron chi connectivity index (χ3n) is 9.25. The highest BCUT2D eigenvalue weighted by Crippen LogP contribution is 2.40. The molecule has 224 valence electrons. The second kappa shape index (κ2) is 10.5. The molecule has 0 fully saturated rings. The Balaban J connectivity index is 1.21. The third-order valence-corrected chi connectivity index (χ3v) is 9.25. The molecule has 0 aliphatic carbocycles. The van der Waals surface area contributed by atoms with Gasteiger partial charge in [0.1, 0.15) is 11.2 Å². The maximum Gasteiger partial charge on any atom is 0.238 e. The number of hydrogen-bond donors (Lipinski definition) is 0. The van der Waals surface area contributed by atoms with Crippen LogP contribution in [-0.4, -0.2) is 19.5 Å². The molecule has 0 saturated carbocycles. The smallest absolute Gasteiger partial charge is 0.238 e. The average Bonchev–Trinajstić information content (AvgIpc) is 3.71.